The van der Waals surface area contributed by atoms with E-state index in [-0.39, 0.29) is 0 Å². The molecule has 0 saturated heterocycles. The Morgan fingerprint density at radius 3 is 2.71 bits per heavy atom. The van der Waals surface area contributed by atoms with Crippen molar-refractivity contribution in [3.63, 3.8) is 0 Å². The Bertz CT molecular complexity index is 684. The van der Waals surface area contributed by atoms with E-state index in [4.69, 9.17) is 9.72 Å². The predicted molar refractivity (Wildman–Crippen MR) is 79.8 cm³/mol. The molecule has 2 aromatic rings. The Hall–Kier alpha value is -1.88. The van der Waals surface area contributed by atoms with E-state index in [2.05, 4.69) is 18.4 Å². The molecule has 1 saturated carbocycles. The lowest BCUT2D eigenvalue weighted by Crippen LogP contribution is -2.33. The Balaban J connectivity index is 2.11. The van der Waals surface area contributed by atoms with Crippen molar-refractivity contribution in [2.45, 2.75) is 44.8 Å². The van der Waals surface area contributed by atoms with E-state index in [0.717, 1.165) is 29.7 Å². The fraction of sp³-hybridized carbons (Fsp3) is 0.500. The number of rotatable bonds is 4. The lowest BCUT2D eigenvalue weighted by Gasteiger charge is -2.36. The van der Waals surface area contributed by atoms with Crippen LogP contribution in [0.3, 0.4) is 0 Å². The summed E-state index contributed by atoms with van der Waals surface area (Å²) in [5.41, 5.74) is 2.09. The molecule has 1 heterocycles. The van der Waals surface area contributed by atoms with Gasteiger partial charge in [-0.05, 0) is 31.0 Å². The maximum absolute atomic E-state index is 11.2. The molecular weight excluding hydrogens is 268 g/mol. The molecule has 21 heavy (non-hydrogen) atoms. The minimum atomic E-state index is -0.904. The molecule has 0 amide bonds. The van der Waals surface area contributed by atoms with Crippen molar-refractivity contribution in [1.29, 1.82) is 0 Å². The summed E-state index contributed by atoms with van der Waals surface area (Å²) >= 11 is 0. The first-order chi connectivity index (χ1) is 10.0. The number of aromatic carboxylic acids is 1. The van der Waals surface area contributed by atoms with Crippen LogP contribution in [0.4, 0.5) is 0 Å². The molecule has 0 aliphatic heterocycles. The number of fused-ring (bicyclic) bond motifs is 1. The van der Waals surface area contributed by atoms with E-state index in [9.17, 15) is 9.90 Å². The zero-order valence-corrected chi connectivity index (χ0v) is 12.5. The summed E-state index contributed by atoms with van der Waals surface area (Å²) in [4.78, 5) is 15.9. The number of methoxy groups -OCH3 is 1. The minimum Gasteiger partial charge on any atom is -0.478 e. The van der Waals surface area contributed by atoms with Crippen molar-refractivity contribution in [2.75, 3.05) is 7.11 Å². The van der Waals surface area contributed by atoms with Gasteiger partial charge in [0.15, 0.2) is 0 Å². The van der Waals surface area contributed by atoms with Gasteiger partial charge in [0.25, 0.3) is 0 Å². The number of hydrogen-bond donors (Lipinski definition) is 1. The maximum atomic E-state index is 11.2. The lowest BCUT2D eigenvalue weighted by molar-refractivity contribution is 0.00639. The van der Waals surface area contributed by atoms with Crippen molar-refractivity contribution >= 4 is 17.0 Å². The summed E-state index contributed by atoms with van der Waals surface area (Å²) < 4.78 is 7.57. The van der Waals surface area contributed by atoms with Crippen LogP contribution in [0.2, 0.25) is 0 Å². The molecule has 1 aliphatic carbocycles. The molecule has 5 nitrogen and oxygen atoms in total. The van der Waals surface area contributed by atoms with Crippen LogP contribution in [-0.4, -0.2) is 33.8 Å². The average Bonchev–Trinajstić information content (AvgIpc) is 2.76. The number of carbonyl (C=O) groups is 1. The number of nitrogens with zero attached hydrogens (tertiary/aromatic N) is 2. The zero-order valence-electron chi connectivity index (χ0n) is 12.5. The van der Waals surface area contributed by atoms with Gasteiger partial charge in [-0.15, -0.1) is 0 Å². The van der Waals surface area contributed by atoms with Crippen molar-refractivity contribution in [3.05, 3.63) is 29.6 Å². The van der Waals surface area contributed by atoms with Crippen LogP contribution in [0.5, 0.6) is 0 Å². The highest BCUT2D eigenvalue weighted by Crippen LogP contribution is 2.39. The second-order valence-electron chi connectivity index (χ2n) is 5.99. The van der Waals surface area contributed by atoms with Crippen LogP contribution < -0.4 is 0 Å². The normalized spacial score (nSPS) is 21.7. The first-order valence-electron chi connectivity index (χ1n) is 7.29. The van der Waals surface area contributed by atoms with Crippen LogP contribution in [0.25, 0.3) is 11.0 Å². The number of carboxylic acids is 1. The molecule has 5 heteroatoms. The van der Waals surface area contributed by atoms with Gasteiger partial charge in [-0.2, -0.15) is 0 Å². The molecule has 1 aromatic heterocycles. The third-order valence-electron chi connectivity index (χ3n) is 4.25. The molecule has 1 aromatic carbocycles. The van der Waals surface area contributed by atoms with Gasteiger partial charge in [0.2, 0.25) is 0 Å². The topological polar surface area (TPSA) is 64.4 Å². The third-order valence-corrected chi connectivity index (χ3v) is 4.25. The maximum Gasteiger partial charge on any atom is 0.335 e. The Labute approximate surface area is 123 Å². The molecule has 1 aliphatic rings. The lowest BCUT2D eigenvalue weighted by atomic mass is 9.88. The first kappa shape index (κ1) is 14.1. The molecular formula is C16H20N2O3. The van der Waals surface area contributed by atoms with E-state index in [1.165, 1.54) is 0 Å². The first-order valence-corrected chi connectivity index (χ1v) is 7.29. The molecule has 112 valence electrons. The molecule has 3 rings (SSSR count). The fourth-order valence-corrected chi connectivity index (χ4v) is 2.98. The SMILES string of the molecule is COC1CC(n2c(C(C)C)nc3ccc(C(=O)O)cc32)C1. The van der Waals surface area contributed by atoms with E-state index >= 15 is 0 Å². The smallest absolute Gasteiger partial charge is 0.335 e. The average molecular weight is 288 g/mol. The summed E-state index contributed by atoms with van der Waals surface area (Å²) in [6.45, 7) is 4.23. The Morgan fingerprint density at radius 2 is 2.14 bits per heavy atom. The summed E-state index contributed by atoms with van der Waals surface area (Å²) in [5, 5.41) is 9.19. The fourth-order valence-electron chi connectivity index (χ4n) is 2.98. The summed E-state index contributed by atoms with van der Waals surface area (Å²) in [5.74, 6) is 0.415. The second kappa shape index (κ2) is 5.15. The van der Waals surface area contributed by atoms with Gasteiger partial charge in [0.05, 0.1) is 22.7 Å². The quantitative estimate of drug-likeness (QED) is 0.938. The molecule has 0 atom stereocenters. The van der Waals surface area contributed by atoms with Gasteiger partial charge in [0.1, 0.15) is 5.82 Å². The van der Waals surface area contributed by atoms with Crippen LogP contribution in [0.15, 0.2) is 18.2 Å². The van der Waals surface area contributed by atoms with Crippen LogP contribution in [0, 0.1) is 0 Å². The number of aromatic nitrogens is 2. The molecule has 0 radical (unpaired) electrons. The van der Waals surface area contributed by atoms with Crippen LogP contribution in [0.1, 0.15) is 54.8 Å². The van der Waals surface area contributed by atoms with Crippen LogP contribution >= 0.6 is 0 Å². The van der Waals surface area contributed by atoms with Gasteiger partial charge in [-0.1, -0.05) is 13.8 Å². The van der Waals surface area contributed by atoms with Gasteiger partial charge >= 0.3 is 5.97 Å². The van der Waals surface area contributed by atoms with E-state index < -0.39 is 5.97 Å². The van der Waals surface area contributed by atoms with E-state index in [1.54, 1.807) is 25.3 Å². The molecule has 0 unspecified atom stereocenters. The summed E-state index contributed by atoms with van der Waals surface area (Å²) in [6.07, 6.45) is 2.22. The Morgan fingerprint density at radius 1 is 1.43 bits per heavy atom. The number of hydrogen-bond acceptors (Lipinski definition) is 3. The number of ether oxygens (including phenoxy) is 1. The molecule has 0 bridgehead atoms. The van der Waals surface area contributed by atoms with Gasteiger partial charge in [-0.3, -0.25) is 0 Å². The molecule has 1 fully saturated rings. The molecule has 0 spiro atoms. The standard InChI is InChI=1S/C16H20N2O3/c1-9(2)15-17-13-5-4-10(16(19)20)6-14(13)18(15)11-7-12(8-11)21-3/h4-6,9,11-12H,7-8H2,1-3H3,(H,19,20). The van der Waals surface area contributed by atoms with Crippen molar-refractivity contribution in [1.82, 2.24) is 9.55 Å². The number of carboxylic acid groups (broad SMARTS) is 1. The second-order valence-corrected chi connectivity index (χ2v) is 5.99. The highest BCUT2D eigenvalue weighted by atomic mass is 16.5. The van der Waals surface area contributed by atoms with Crippen molar-refractivity contribution in [2.24, 2.45) is 0 Å². The van der Waals surface area contributed by atoms with Gasteiger partial charge in [0, 0.05) is 19.1 Å². The van der Waals surface area contributed by atoms with Crippen LogP contribution in [-0.2, 0) is 4.74 Å². The summed E-state index contributed by atoms with van der Waals surface area (Å²) in [7, 11) is 1.73. The van der Waals surface area contributed by atoms with Gasteiger partial charge < -0.3 is 14.4 Å². The zero-order chi connectivity index (χ0) is 15.1. The number of benzene rings is 1. The van der Waals surface area contributed by atoms with Crippen molar-refractivity contribution < 1.29 is 14.6 Å². The summed E-state index contributed by atoms with van der Waals surface area (Å²) in [6, 6.07) is 5.50. The predicted octanol–water partition coefficient (Wildman–Crippen LogP) is 3.21. The third kappa shape index (κ3) is 2.31. The molecule has 1 N–H and O–H groups in total. The minimum absolute atomic E-state index is 0.298. The monoisotopic (exact) mass is 288 g/mol. The Kier molecular flexibility index (Phi) is 3.45. The van der Waals surface area contributed by atoms with Gasteiger partial charge in [-0.25, -0.2) is 9.78 Å². The highest BCUT2D eigenvalue weighted by Gasteiger charge is 2.33. The van der Waals surface area contributed by atoms with E-state index in [0.29, 0.717) is 23.6 Å². The van der Waals surface area contributed by atoms with Crippen molar-refractivity contribution in [3.8, 4) is 0 Å². The van der Waals surface area contributed by atoms with E-state index in [1.807, 2.05) is 0 Å². The highest BCUT2D eigenvalue weighted by molar-refractivity contribution is 5.92. The largest absolute Gasteiger partial charge is 0.478 e. The number of imidazole rings is 1.